The Hall–Kier alpha value is -1.66. The molecular formula is C10H8ClNO2. The highest BCUT2D eigenvalue weighted by molar-refractivity contribution is 6.30. The third-order valence-corrected chi connectivity index (χ3v) is 1.74. The number of esters is 1. The molecule has 0 saturated heterocycles. The Bertz CT molecular complexity index is 418. The minimum absolute atomic E-state index is 0.478. The predicted molar refractivity (Wildman–Crippen MR) is 54.8 cm³/mol. The first-order valence-corrected chi connectivity index (χ1v) is 4.16. The van der Waals surface area contributed by atoms with Crippen LogP contribution in [0.2, 0.25) is 5.02 Å². The number of nitrogens with two attached hydrogens (primary N) is 1. The number of halogens is 1. The molecule has 0 aliphatic carbocycles. The molecule has 72 valence electrons. The Balaban J connectivity index is 3.00. The second-order valence-corrected chi connectivity index (χ2v) is 2.91. The summed E-state index contributed by atoms with van der Waals surface area (Å²) in [6.45, 7) is 0. The molecule has 0 amide bonds. The van der Waals surface area contributed by atoms with E-state index < -0.39 is 5.97 Å². The van der Waals surface area contributed by atoms with Gasteiger partial charge in [0.05, 0.1) is 7.11 Å². The topological polar surface area (TPSA) is 52.3 Å². The molecule has 0 aliphatic heterocycles. The lowest BCUT2D eigenvalue weighted by atomic mass is 10.2. The molecule has 0 aromatic heterocycles. The van der Waals surface area contributed by atoms with Gasteiger partial charge in [-0.3, -0.25) is 0 Å². The molecule has 14 heavy (non-hydrogen) atoms. The van der Waals surface area contributed by atoms with Gasteiger partial charge >= 0.3 is 5.97 Å². The quantitative estimate of drug-likeness (QED) is 0.400. The van der Waals surface area contributed by atoms with E-state index in [0.717, 1.165) is 0 Å². The van der Waals surface area contributed by atoms with Crippen LogP contribution in [-0.2, 0) is 9.53 Å². The second kappa shape index (κ2) is 4.54. The summed E-state index contributed by atoms with van der Waals surface area (Å²) < 4.78 is 4.36. The molecule has 0 atom stereocenters. The summed E-state index contributed by atoms with van der Waals surface area (Å²) in [4.78, 5) is 10.7. The number of benzene rings is 1. The SMILES string of the molecule is COC(=O)C#Cc1cc(Cl)ccc1N. The Labute approximate surface area is 86.8 Å². The van der Waals surface area contributed by atoms with Crippen molar-refractivity contribution >= 4 is 23.3 Å². The van der Waals surface area contributed by atoms with Gasteiger partial charge in [0.1, 0.15) is 0 Å². The lowest BCUT2D eigenvalue weighted by molar-refractivity contribution is -0.133. The fourth-order valence-corrected chi connectivity index (χ4v) is 0.978. The van der Waals surface area contributed by atoms with Gasteiger partial charge in [0.25, 0.3) is 0 Å². The molecule has 0 unspecified atom stereocenters. The number of nitrogen functional groups attached to an aromatic ring is 1. The van der Waals surface area contributed by atoms with E-state index in [1.807, 2.05) is 0 Å². The van der Waals surface area contributed by atoms with E-state index in [-0.39, 0.29) is 0 Å². The fraction of sp³-hybridized carbons (Fsp3) is 0.100. The summed E-state index contributed by atoms with van der Waals surface area (Å²) in [5, 5.41) is 0.522. The van der Waals surface area contributed by atoms with Crippen LogP contribution in [0.4, 0.5) is 5.69 Å². The van der Waals surface area contributed by atoms with Crippen molar-refractivity contribution in [3.8, 4) is 11.8 Å². The monoisotopic (exact) mass is 209 g/mol. The number of carbonyl (C=O) groups is 1. The van der Waals surface area contributed by atoms with E-state index in [2.05, 4.69) is 16.6 Å². The molecule has 1 aromatic carbocycles. The zero-order chi connectivity index (χ0) is 10.6. The normalized spacial score (nSPS) is 8.71. The number of hydrogen-bond acceptors (Lipinski definition) is 3. The molecule has 1 rings (SSSR count). The van der Waals surface area contributed by atoms with E-state index in [0.29, 0.717) is 16.3 Å². The van der Waals surface area contributed by atoms with Crippen molar-refractivity contribution < 1.29 is 9.53 Å². The van der Waals surface area contributed by atoms with Gasteiger partial charge in [-0.05, 0) is 18.2 Å². The number of hydrogen-bond donors (Lipinski definition) is 1. The molecule has 0 spiro atoms. The number of anilines is 1. The maximum atomic E-state index is 10.7. The number of rotatable bonds is 0. The molecule has 0 radical (unpaired) electrons. The number of carbonyl (C=O) groups excluding carboxylic acids is 1. The molecule has 2 N–H and O–H groups in total. The molecule has 0 saturated carbocycles. The van der Waals surface area contributed by atoms with Crippen LogP contribution in [0.25, 0.3) is 0 Å². The minimum atomic E-state index is -0.607. The summed E-state index contributed by atoms with van der Waals surface area (Å²) in [5.74, 6) is 4.23. The molecular weight excluding hydrogens is 202 g/mol. The van der Waals surface area contributed by atoms with Gasteiger partial charge in [-0.15, -0.1) is 0 Å². The van der Waals surface area contributed by atoms with E-state index in [4.69, 9.17) is 17.3 Å². The van der Waals surface area contributed by atoms with E-state index >= 15 is 0 Å². The van der Waals surface area contributed by atoms with Crippen molar-refractivity contribution in [1.29, 1.82) is 0 Å². The van der Waals surface area contributed by atoms with Gasteiger partial charge in [-0.1, -0.05) is 17.5 Å². The first kappa shape index (κ1) is 10.4. The van der Waals surface area contributed by atoms with Gasteiger partial charge < -0.3 is 10.5 Å². The average Bonchev–Trinajstić information content (AvgIpc) is 2.19. The van der Waals surface area contributed by atoms with Crippen molar-refractivity contribution in [2.45, 2.75) is 0 Å². The largest absolute Gasteiger partial charge is 0.459 e. The smallest absolute Gasteiger partial charge is 0.384 e. The highest BCUT2D eigenvalue weighted by Crippen LogP contribution is 2.16. The van der Waals surface area contributed by atoms with Crippen molar-refractivity contribution in [2.75, 3.05) is 12.8 Å². The third kappa shape index (κ3) is 2.68. The van der Waals surface area contributed by atoms with Crippen LogP contribution < -0.4 is 5.73 Å². The van der Waals surface area contributed by atoms with Crippen molar-refractivity contribution in [3.05, 3.63) is 28.8 Å². The molecule has 4 heteroatoms. The van der Waals surface area contributed by atoms with E-state index in [1.54, 1.807) is 18.2 Å². The predicted octanol–water partition coefficient (Wildman–Crippen LogP) is 1.45. The molecule has 0 fully saturated rings. The first-order valence-electron chi connectivity index (χ1n) is 3.78. The summed E-state index contributed by atoms with van der Waals surface area (Å²) in [5.41, 5.74) is 6.60. The zero-order valence-electron chi connectivity index (χ0n) is 7.50. The minimum Gasteiger partial charge on any atom is -0.459 e. The maximum Gasteiger partial charge on any atom is 0.384 e. The average molecular weight is 210 g/mol. The zero-order valence-corrected chi connectivity index (χ0v) is 8.26. The first-order chi connectivity index (χ1) is 6.63. The Kier molecular flexibility index (Phi) is 3.38. The van der Waals surface area contributed by atoms with Crippen LogP contribution in [0.5, 0.6) is 0 Å². The highest BCUT2D eigenvalue weighted by atomic mass is 35.5. The van der Waals surface area contributed by atoms with Crippen LogP contribution >= 0.6 is 11.6 Å². The number of ether oxygens (including phenoxy) is 1. The van der Waals surface area contributed by atoms with Gasteiger partial charge in [-0.2, -0.15) is 0 Å². The summed E-state index contributed by atoms with van der Waals surface area (Å²) in [7, 11) is 1.26. The van der Waals surface area contributed by atoms with Crippen LogP contribution in [0.1, 0.15) is 5.56 Å². The van der Waals surface area contributed by atoms with Gasteiger partial charge in [-0.25, -0.2) is 4.79 Å². The second-order valence-electron chi connectivity index (χ2n) is 2.47. The summed E-state index contributed by atoms with van der Waals surface area (Å²) in [6.07, 6.45) is 0. The number of methoxy groups -OCH3 is 1. The Morgan fingerprint density at radius 2 is 2.29 bits per heavy atom. The van der Waals surface area contributed by atoms with Crippen LogP contribution in [0, 0.1) is 11.8 Å². The van der Waals surface area contributed by atoms with E-state index in [1.165, 1.54) is 7.11 Å². The summed E-state index contributed by atoms with van der Waals surface area (Å²) >= 11 is 5.73. The van der Waals surface area contributed by atoms with Gasteiger partial charge in [0.2, 0.25) is 0 Å². The lowest BCUT2D eigenvalue weighted by Gasteiger charge is -1.97. The van der Waals surface area contributed by atoms with Gasteiger partial charge in [0, 0.05) is 22.2 Å². The van der Waals surface area contributed by atoms with Gasteiger partial charge in [0.15, 0.2) is 0 Å². The van der Waals surface area contributed by atoms with Crippen LogP contribution in [0.3, 0.4) is 0 Å². The highest BCUT2D eigenvalue weighted by Gasteiger charge is 1.97. The molecule has 1 aromatic rings. The van der Waals surface area contributed by atoms with Crippen molar-refractivity contribution in [1.82, 2.24) is 0 Å². The molecule has 0 aliphatic rings. The fourth-order valence-electron chi connectivity index (χ4n) is 0.806. The third-order valence-electron chi connectivity index (χ3n) is 1.50. The molecule has 0 heterocycles. The van der Waals surface area contributed by atoms with Crippen molar-refractivity contribution in [2.24, 2.45) is 0 Å². The Morgan fingerprint density at radius 1 is 1.57 bits per heavy atom. The molecule has 3 nitrogen and oxygen atoms in total. The molecule has 0 bridgehead atoms. The van der Waals surface area contributed by atoms with E-state index in [9.17, 15) is 4.79 Å². The standard InChI is InChI=1S/C10H8ClNO2/c1-14-10(13)5-2-7-6-8(11)3-4-9(7)12/h3-4,6H,12H2,1H3. The summed E-state index contributed by atoms with van der Waals surface area (Å²) in [6, 6.07) is 4.87. The lowest BCUT2D eigenvalue weighted by Crippen LogP contribution is -1.95. The van der Waals surface area contributed by atoms with Crippen molar-refractivity contribution in [3.63, 3.8) is 0 Å². The maximum absolute atomic E-state index is 10.7. The van der Waals surface area contributed by atoms with Crippen LogP contribution in [-0.4, -0.2) is 13.1 Å². The van der Waals surface area contributed by atoms with Crippen LogP contribution in [0.15, 0.2) is 18.2 Å². The Morgan fingerprint density at radius 3 is 2.93 bits per heavy atom.